The van der Waals surface area contributed by atoms with Gasteiger partial charge in [0.15, 0.2) is 0 Å². The Hall–Kier alpha value is -3.10. The van der Waals surface area contributed by atoms with Gasteiger partial charge in [0.2, 0.25) is 5.43 Å². The summed E-state index contributed by atoms with van der Waals surface area (Å²) in [6, 6.07) is 1.81. The lowest BCUT2D eigenvalue weighted by Gasteiger charge is -2.28. The molecule has 0 radical (unpaired) electrons. The number of ether oxygens (including phenoxy) is 1. The van der Waals surface area contributed by atoms with Crippen molar-refractivity contribution < 1.29 is 23.8 Å². The summed E-state index contributed by atoms with van der Waals surface area (Å²) >= 11 is 0. The zero-order chi connectivity index (χ0) is 25.7. The van der Waals surface area contributed by atoms with Crippen LogP contribution in [0.5, 0.6) is 0 Å². The average molecular weight is 488 g/mol. The fourth-order valence-electron chi connectivity index (χ4n) is 4.86. The van der Waals surface area contributed by atoms with Crippen LogP contribution in [-0.2, 0) is 4.74 Å². The highest BCUT2D eigenvalue weighted by atomic mass is 19.1. The van der Waals surface area contributed by atoms with Crippen LogP contribution in [0.2, 0.25) is 0 Å². The van der Waals surface area contributed by atoms with Gasteiger partial charge in [-0.1, -0.05) is 0 Å². The Labute approximate surface area is 204 Å². The second-order valence-corrected chi connectivity index (χ2v) is 10.7. The number of fused-ring (bicyclic) bond motifs is 1. The summed E-state index contributed by atoms with van der Waals surface area (Å²) in [6.07, 6.45) is 3.63. The quantitative estimate of drug-likeness (QED) is 0.642. The van der Waals surface area contributed by atoms with Crippen LogP contribution in [0.4, 0.5) is 14.9 Å². The number of aromatic carboxylic acids is 1. The van der Waals surface area contributed by atoms with E-state index >= 15 is 4.39 Å². The van der Waals surface area contributed by atoms with Crippen molar-refractivity contribution in [2.45, 2.75) is 65.5 Å². The first-order chi connectivity index (χ1) is 16.4. The number of anilines is 1. The number of hydrogen-bond acceptors (Lipinski definition) is 5. The average Bonchev–Trinajstić information content (AvgIpc) is 3.50. The number of amides is 1. The van der Waals surface area contributed by atoms with E-state index in [0.717, 1.165) is 19.3 Å². The largest absolute Gasteiger partial charge is 0.477 e. The SMILES string of the molecule is CCN(CC1CCN(c2cc3c(c(C)c2F)c(=O)c(C(=O)O)cn3C2CC2)C1)C(=O)OC(C)(C)C. The Bertz CT molecular complexity index is 1230. The molecule has 1 saturated carbocycles. The maximum absolute atomic E-state index is 15.6. The molecule has 2 fully saturated rings. The van der Waals surface area contributed by atoms with E-state index in [1.54, 1.807) is 17.9 Å². The molecule has 9 heteroatoms. The summed E-state index contributed by atoms with van der Waals surface area (Å²) in [5.41, 5.74) is -0.397. The van der Waals surface area contributed by atoms with E-state index in [1.165, 1.54) is 6.20 Å². The molecular weight excluding hydrogens is 453 g/mol. The van der Waals surface area contributed by atoms with Crippen molar-refractivity contribution >= 4 is 28.7 Å². The van der Waals surface area contributed by atoms with Crippen LogP contribution >= 0.6 is 0 Å². The molecule has 8 nitrogen and oxygen atoms in total. The summed E-state index contributed by atoms with van der Waals surface area (Å²) in [4.78, 5) is 40.8. The van der Waals surface area contributed by atoms with Gasteiger partial charge in [-0.05, 0) is 65.9 Å². The maximum Gasteiger partial charge on any atom is 0.410 e. The van der Waals surface area contributed by atoms with Crippen LogP contribution in [0.15, 0.2) is 17.1 Å². The summed E-state index contributed by atoms with van der Waals surface area (Å²) in [7, 11) is 0. The van der Waals surface area contributed by atoms with Crippen LogP contribution in [0, 0.1) is 18.7 Å². The van der Waals surface area contributed by atoms with Crippen molar-refractivity contribution in [3.63, 3.8) is 0 Å². The van der Waals surface area contributed by atoms with E-state index in [0.29, 0.717) is 37.4 Å². The van der Waals surface area contributed by atoms with E-state index in [4.69, 9.17) is 4.74 Å². The minimum Gasteiger partial charge on any atom is -0.477 e. The highest BCUT2D eigenvalue weighted by Gasteiger charge is 2.32. The fraction of sp³-hybridized carbons (Fsp3) is 0.577. The molecule has 0 bridgehead atoms. The van der Waals surface area contributed by atoms with Crippen LogP contribution in [0.25, 0.3) is 10.9 Å². The molecule has 2 aliphatic rings. The Kier molecular flexibility index (Phi) is 6.55. The molecular formula is C26H34FN3O5. The van der Waals surface area contributed by atoms with Gasteiger partial charge in [-0.3, -0.25) is 4.79 Å². The second-order valence-electron chi connectivity index (χ2n) is 10.7. The molecule has 1 unspecified atom stereocenters. The first kappa shape index (κ1) is 25.0. The number of halogens is 1. The number of rotatable bonds is 6. The van der Waals surface area contributed by atoms with E-state index in [-0.39, 0.29) is 34.6 Å². The van der Waals surface area contributed by atoms with Crippen molar-refractivity contribution in [3.05, 3.63) is 39.4 Å². The smallest absolute Gasteiger partial charge is 0.410 e. The minimum atomic E-state index is -1.30. The third-order valence-corrected chi connectivity index (χ3v) is 6.79. The van der Waals surface area contributed by atoms with Gasteiger partial charge in [0.25, 0.3) is 0 Å². The number of aromatic nitrogens is 1. The summed E-state index contributed by atoms with van der Waals surface area (Å²) in [6.45, 7) is 11.2. The van der Waals surface area contributed by atoms with Crippen molar-refractivity contribution in [1.82, 2.24) is 9.47 Å². The number of carbonyl (C=O) groups excluding carboxylic acids is 1. The zero-order valence-electron chi connectivity index (χ0n) is 21.1. The third kappa shape index (κ3) is 4.99. The highest BCUT2D eigenvalue weighted by Crippen LogP contribution is 2.39. The van der Waals surface area contributed by atoms with Gasteiger partial charge in [0.1, 0.15) is 17.0 Å². The molecule has 4 rings (SSSR count). The normalized spacial score (nSPS) is 18.2. The molecule has 1 N–H and O–H groups in total. The maximum atomic E-state index is 15.6. The van der Waals surface area contributed by atoms with Crippen LogP contribution in [0.3, 0.4) is 0 Å². The molecule has 0 spiro atoms. The molecule has 1 atom stereocenters. The summed E-state index contributed by atoms with van der Waals surface area (Å²) in [5, 5.41) is 9.64. The van der Waals surface area contributed by atoms with Crippen molar-refractivity contribution in [2.24, 2.45) is 5.92 Å². The third-order valence-electron chi connectivity index (χ3n) is 6.79. The number of aryl methyl sites for hydroxylation is 1. The molecule has 35 heavy (non-hydrogen) atoms. The standard InChI is InChI=1S/C26H34FN3O5/c1-6-28(25(34)35-26(3,4)5)12-16-9-10-29(13-16)20-11-19-21(15(2)22(20)27)23(31)18(24(32)33)14-30(19)17-7-8-17/h11,14,16-17H,6-10,12-13H2,1-5H3,(H,32,33). The number of carboxylic acid groups (broad SMARTS) is 1. The zero-order valence-corrected chi connectivity index (χ0v) is 21.1. The van der Waals surface area contributed by atoms with Crippen LogP contribution < -0.4 is 10.3 Å². The number of nitrogens with zero attached hydrogens (tertiary/aromatic N) is 3. The molecule has 1 aliphatic heterocycles. The Morgan fingerprint density at radius 3 is 2.51 bits per heavy atom. The lowest BCUT2D eigenvalue weighted by molar-refractivity contribution is 0.0236. The topological polar surface area (TPSA) is 92.1 Å². The Balaban J connectivity index is 1.64. The van der Waals surface area contributed by atoms with Crippen molar-refractivity contribution in [1.29, 1.82) is 0 Å². The number of hydrogen-bond donors (Lipinski definition) is 1. The number of pyridine rings is 1. The highest BCUT2D eigenvalue weighted by molar-refractivity contribution is 5.95. The van der Waals surface area contributed by atoms with E-state index in [2.05, 4.69) is 0 Å². The summed E-state index contributed by atoms with van der Waals surface area (Å²) < 4.78 is 22.9. The fourth-order valence-corrected chi connectivity index (χ4v) is 4.86. The van der Waals surface area contributed by atoms with Gasteiger partial charge in [-0.15, -0.1) is 0 Å². The number of carboxylic acids is 1. The monoisotopic (exact) mass is 487 g/mol. The Morgan fingerprint density at radius 1 is 1.26 bits per heavy atom. The predicted molar refractivity (Wildman–Crippen MR) is 132 cm³/mol. The Morgan fingerprint density at radius 2 is 1.94 bits per heavy atom. The lowest BCUT2D eigenvalue weighted by atomic mass is 10.0. The molecule has 190 valence electrons. The van der Waals surface area contributed by atoms with Gasteiger partial charge >= 0.3 is 12.1 Å². The van der Waals surface area contributed by atoms with Crippen LogP contribution in [-0.4, -0.2) is 58.4 Å². The molecule has 1 aromatic carbocycles. The van der Waals surface area contributed by atoms with E-state index in [1.807, 2.05) is 37.2 Å². The van der Waals surface area contributed by atoms with Gasteiger partial charge in [0, 0.05) is 44.0 Å². The van der Waals surface area contributed by atoms with E-state index in [9.17, 15) is 19.5 Å². The van der Waals surface area contributed by atoms with Crippen molar-refractivity contribution in [3.8, 4) is 0 Å². The number of benzene rings is 1. The molecule has 1 aromatic heterocycles. The molecule has 2 heterocycles. The molecule has 2 aromatic rings. The van der Waals surface area contributed by atoms with Crippen LogP contribution in [0.1, 0.15) is 68.9 Å². The van der Waals surface area contributed by atoms with Crippen molar-refractivity contribution in [2.75, 3.05) is 31.1 Å². The molecule has 1 aliphatic carbocycles. The predicted octanol–water partition coefficient (Wildman–Crippen LogP) is 4.57. The van der Waals surface area contributed by atoms with E-state index < -0.39 is 22.8 Å². The first-order valence-corrected chi connectivity index (χ1v) is 12.2. The van der Waals surface area contributed by atoms with Gasteiger partial charge in [-0.25, -0.2) is 14.0 Å². The lowest BCUT2D eigenvalue weighted by Crippen LogP contribution is -2.40. The second kappa shape index (κ2) is 9.17. The minimum absolute atomic E-state index is 0.118. The van der Waals surface area contributed by atoms with Gasteiger partial charge < -0.3 is 24.2 Å². The van der Waals surface area contributed by atoms with Gasteiger partial charge in [-0.2, -0.15) is 0 Å². The van der Waals surface area contributed by atoms with Gasteiger partial charge in [0.05, 0.1) is 16.6 Å². The number of carbonyl (C=O) groups is 2. The molecule has 1 amide bonds. The summed E-state index contributed by atoms with van der Waals surface area (Å²) in [5.74, 6) is -1.65. The first-order valence-electron chi connectivity index (χ1n) is 12.2. The molecule has 1 saturated heterocycles.